The molecule has 2 unspecified atom stereocenters. The Labute approximate surface area is 128 Å². The second-order valence-electron chi connectivity index (χ2n) is 6.86. The Kier molecular flexibility index (Phi) is 4.46. The lowest BCUT2D eigenvalue weighted by molar-refractivity contribution is -0.0606. The van der Waals surface area contributed by atoms with Crippen LogP contribution in [0.25, 0.3) is 0 Å². The summed E-state index contributed by atoms with van der Waals surface area (Å²) in [7, 11) is 0. The van der Waals surface area contributed by atoms with Gasteiger partial charge in [-0.15, -0.1) is 6.58 Å². The molecule has 21 heavy (non-hydrogen) atoms. The lowest BCUT2D eigenvalue weighted by Crippen LogP contribution is -2.50. The van der Waals surface area contributed by atoms with E-state index in [0.717, 1.165) is 38.6 Å². The van der Waals surface area contributed by atoms with E-state index in [4.69, 9.17) is 0 Å². The number of hydrogen-bond acceptors (Lipinski definition) is 2. The smallest absolute Gasteiger partial charge is 0.0677 e. The molecular weight excluding hydrogens is 258 g/mol. The van der Waals surface area contributed by atoms with Gasteiger partial charge in [-0.25, -0.2) is 0 Å². The first-order chi connectivity index (χ1) is 10.2. The van der Waals surface area contributed by atoms with Crippen LogP contribution in [0.1, 0.15) is 50.5 Å². The highest BCUT2D eigenvalue weighted by atomic mass is 16.3. The van der Waals surface area contributed by atoms with Gasteiger partial charge in [0, 0.05) is 18.6 Å². The van der Waals surface area contributed by atoms with Crippen molar-refractivity contribution in [2.24, 2.45) is 0 Å². The van der Waals surface area contributed by atoms with Crippen molar-refractivity contribution >= 4 is 0 Å². The van der Waals surface area contributed by atoms with Gasteiger partial charge in [-0.1, -0.05) is 36.4 Å². The van der Waals surface area contributed by atoms with Gasteiger partial charge in [0.15, 0.2) is 0 Å². The van der Waals surface area contributed by atoms with Crippen LogP contribution in [0.15, 0.2) is 43.0 Å². The van der Waals surface area contributed by atoms with Crippen molar-refractivity contribution in [3.05, 3.63) is 48.6 Å². The molecule has 114 valence electrons. The van der Waals surface area contributed by atoms with Crippen molar-refractivity contribution < 1.29 is 5.11 Å². The summed E-state index contributed by atoms with van der Waals surface area (Å²) in [6, 6.07) is 11.9. The van der Waals surface area contributed by atoms with Crippen LogP contribution in [0.3, 0.4) is 0 Å². The number of allylic oxidation sites excluding steroid dienone is 1. The largest absolute Gasteiger partial charge is 0.390 e. The lowest BCUT2D eigenvalue weighted by Gasteiger charge is -2.44. The van der Waals surface area contributed by atoms with Gasteiger partial charge in [0.2, 0.25) is 0 Å². The molecule has 0 spiro atoms. The molecule has 3 rings (SSSR count). The van der Waals surface area contributed by atoms with Crippen molar-refractivity contribution in [3.63, 3.8) is 0 Å². The zero-order valence-corrected chi connectivity index (χ0v) is 12.9. The third kappa shape index (κ3) is 3.38. The zero-order valence-electron chi connectivity index (χ0n) is 12.9. The van der Waals surface area contributed by atoms with E-state index in [-0.39, 0.29) is 0 Å². The first kappa shape index (κ1) is 14.8. The van der Waals surface area contributed by atoms with Gasteiger partial charge in [0.05, 0.1) is 5.60 Å². The molecule has 2 heterocycles. The average molecular weight is 285 g/mol. The van der Waals surface area contributed by atoms with Crippen LogP contribution in [-0.4, -0.2) is 27.7 Å². The summed E-state index contributed by atoms with van der Waals surface area (Å²) in [6.07, 6.45) is 9.39. The van der Waals surface area contributed by atoms with Crippen molar-refractivity contribution in [2.45, 2.75) is 69.2 Å². The molecule has 1 N–H and O–H groups in total. The monoisotopic (exact) mass is 285 g/mol. The van der Waals surface area contributed by atoms with Gasteiger partial charge in [0.1, 0.15) is 0 Å². The summed E-state index contributed by atoms with van der Waals surface area (Å²) in [5, 5.41) is 10.9. The molecule has 2 aliphatic heterocycles. The Hall–Kier alpha value is -1.12. The van der Waals surface area contributed by atoms with Crippen molar-refractivity contribution in [1.29, 1.82) is 0 Å². The molecule has 0 saturated carbocycles. The Morgan fingerprint density at radius 3 is 2.48 bits per heavy atom. The molecule has 2 heteroatoms. The fraction of sp³-hybridized carbons (Fsp3) is 0.579. The van der Waals surface area contributed by atoms with Crippen molar-refractivity contribution in [3.8, 4) is 0 Å². The number of hydrogen-bond donors (Lipinski definition) is 1. The normalized spacial score (nSPS) is 32.2. The molecule has 2 nitrogen and oxygen atoms in total. The van der Waals surface area contributed by atoms with Gasteiger partial charge in [-0.2, -0.15) is 0 Å². The van der Waals surface area contributed by atoms with E-state index in [1.807, 2.05) is 6.08 Å². The summed E-state index contributed by atoms with van der Waals surface area (Å²) in [6.45, 7) is 4.82. The minimum absolute atomic E-state index is 0.429. The molecule has 2 atom stereocenters. The van der Waals surface area contributed by atoms with E-state index in [0.29, 0.717) is 12.1 Å². The Balaban J connectivity index is 1.62. The van der Waals surface area contributed by atoms with Gasteiger partial charge in [-0.05, 0) is 50.5 Å². The van der Waals surface area contributed by atoms with Gasteiger partial charge >= 0.3 is 0 Å². The maximum atomic E-state index is 10.9. The van der Waals surface area contributed by atoms with Gasteiger partial charge in [-0.3, -0.25) is 4.90 Å². The summed E-state index contributed by atoms with van der Waals surface area (Å²) in [5.41, 5.74) is 0.966. The summed E-state index contributed by atoms with van der Waals surface area (Å²) < 4.78 is 0. The highest BCUT2D eigenvalue weighted by molar-refractivity contribution is 5.16. The van der Waals surface area contributed by atoms with E-state index in [9.17, 15) is 5.11 Å². The predicted molar refractivity (Wildman–Crippen MR) is 87.0 cm³/mol. The Bertz CT molecular complexity index is 456. The van der Waals surface area contributed by atoms with Crippen LogP contribution in [0.4, 0.5) is 0 Å². The predicted octanol–water partition coefficient (Wildman–Crippen LogP) is 3.90. The number of benzene rings is 1. The van der Waals surface area contributed by atoms with E-state index >= 15 is 0 Å². The van der Waals surface area contributed by atoms with Crippen LogP contribution in [0, 0.1) is 0 Å². The molecule has 0 amide bonds. The summed E-state index contributed by atoms with van der Waals surface area (Å²) in [5.74, 6) is 0. The fourth-order valence-electron chi connectivity index (χ4n) is 4.25. The van der Waals surface area contributed by atoms with E-state index in [1.54, 1.807) is 0 Å². The average Bonchev–Trinajstić information content (AvgIpc) is 2.73. The molecule has 1 aromatic carbocycles. The van der Waals surface area contributed by atoms with Crippen molar-refractivity contribution in [1.82, 2.24) is 4.90 Å². The Morgan fingerprint density at radius 2 is 1.86 bits per heavy atom. The second-order valence-corrected chi connectivity index (χ2v) is 6.86. The number of aliphatic hydroxyl groups is 1. The molecule has 2 saturated heterocycles. The minimum Gasteiger partial charge on any atom is -0.390 e. The fourth-order valence-corrected chi connectivity index (χ4v) is 4.25. The first-order valence-corrected chi connectivity index (χ1v) is 8.33. The number of fused-ring (bicyclic) bond motifs is 2. The first-order valence-electron chi connectivity index (χ1n) is 8.33. The van der Waals surface area contributed by atoms with Crippen LogP contribution in [0.5, 0.6) is 0 Å². The minimum atomic E-state index is -0.429. The molecule has 0 aromatic heterocycles. The van der Waals surface area contributed by atoms with E-state index in [2.05, 4.69) is 41.8 Å². The molecule has 0 aliphatic carbocycles. The molecular formula is C19H27NO. The highest BCUT2D eigenvalue weighted by Gasteiger charge is 2.46. The number of unbranched alkanes of at least 4 members (excludes halogenated alkanes) is 1. The van der Waals surface area contributed by atoms with Gasteiger partial charge in [0.25, 0.3) is 0 Å². The lowest BCUT2D eigenvalue weighted by atomic mass is 9.82. The van der Waals surface area contributed by atoms with E-state index < -0.39 is 5.60 Å². The van der Waals surface area contributed by atoms with Crippen molar-refractivity contribution in [2.75, 3.05) is 0 Å². The third-order valence-corrected chi connectivity index (χ3v) is 5.26. The summed E-state index contributed by atoms with van der Waals surface area (Å²) in [4.78, 5) is 2.64. The van der Waals surface area contributed by atoms with Crippen LogP contribution in [-0.2, 0) is 6.54 Å². The Morgan fingerprint density at radius 1 is 1.19 bits per heavy atom. The van der Waals surface area contributed by atoms with Gasteiger partial charge < -0.3 is 5.11 Å². The maximum Gasteiger partial charge on any atom is 0.0677 e. The van der Waals surface area contributed by atoms with Crippen LogP contribution in [0.2, 0.25) is 0 Å². The number of piperidine rings is 1. The molecule has 1 aromatic rings. The van der Waals surface area contributed by atoms with E-state index in [1.165, 1.54) is 18.4 Å². The highest BCUT2D eigenvalue weighted by Crippen LogP contribution is 2.43. The standard InChI is InChI=1S/C19H27NO/c1-2-3-7-12-19(21)13-17-10-11-18(14-19)20(17)15-16-8-5-4-6-9-16/h2,4-6,8-9,17-18,21H,1,3,7,10-15H2. The number of rotatable bonds is 6. The quantitative estimate of drug-likeness (QED) is 0.633. The molecule has 2 aliphatic rings. The SMILES string of the molecule is C=CCCCC1(O)CC2CCC(C1)N2Cc1ccccc1. The second kappa shape index (κ2) is 6.33. The zero-order chi connectivity index (χ0) is 14.7. The topological polar surface area (TPSA) is 23.5 Å². The molecule has 2 bridgehead atoms. The molecule has 0 radical (unpaired) electrons. The number of nitrogens with zero attached hydrogens (tertiary/aromatic N) is 1. The maximum absolute atomic E-state index is 10.9. The van der Waals surface area contributed by atoms with Crippen LogP contribution >= 0.6 is 0 Å². The third-order valence-electron chi connectivity index (χ3n) is 5.26. The van der Waals surface area contributed by atoms with Crippen LogP contribution < -0.4 is 0 Å². The molecule has 2 fully saturated rings. The summed E-state index contributed by atoms with van der Waals surface area (Å²) >= 11 is 0.